The van der Waals surface area contributed by atoms with Gasteiger partial charge in [-0.05, 0) is 43.3 Å². The van der Waals surface area contributed by atoms with Gasteiger partial charge in [0.05, 0.1) is 18.0 Å². The predicted molar refractivity (Wildman–Crippen MR) is 120 cm³/mol. The van der Waals surface area contributed by atoms with Gasteiger partial charge < -0.3 is 9.26 Å². The Bertz CT molecular complexity index is 1200. The third-order valence-electron chi connectivity index (χ3n) is 4.61. The van der Waals surface area contributed by atoms with Crippen LogP contribution in [0.4, 0.5) is 4.39 Å². The van der Waals surface area contributed by atoms with Gasteiger partial charge in [-0.3, -0.25) is 4.57 Å². The third-order valence-corrected chi connectivity index (χ3v) is 5.53. The summed E-state index contributed by atoms with van der Waals surface area (Å²) in [5.74, 6) is 2.42. The Morgan fingerprint density at radius 1 is 1.06 bits per heavy atom. The van der Waals surface area contributed by atoms with Crippen molar-refractivity contribution in [3.8, 4) is 22.8 Å². The summed E-state index contributed by atoms with van der Waals surface area (Å²) in [6.07, 6.45) is 0. The number of para-hydroxylation sites is 1. The Hall–Kier alpha value is -3.20. The number of ether oxygens (including phenoxy) is 1. The van der Waals surface area contributed by atoms with Crippen molar-refractivity contribution >= 4 is 11.8 Å². The van der Waals surface area contributed by atoms with Gasteiger partial charge in [-0.15, -0.1) is 10.2 Å². The zero-order valence-corrected chi connectivity index (χ0v) is 19.2. The molecular weight excluding hydrogens is 429 g/mol. The van der Waals surface area contributed by atoms with E-state index in [1.807, 2.05) is 52.0 Å². The van der Waals surface area contributed by atoms with E-state index in [0.717, 1.165) is 11.3 Å². The van der Waals surface area contributed by atoms with Gasteiger partial charge in [-0.25, -0.2) is 4.39 Å². The van der Waals surface area contributed by atoms with Crippen molar-refractivity contribution in [2.24, 2.45) is 0 Å². The molecule has 2 aromatic heterocycles. The van der Waals surface area contributed by atoms with Gasteiger partial charge in [0, 0.05) is 11.0 Å². The maximum atomic E-state index is 14.7. The minimum atomic E-state index is -0.367. The van der Waals surface area contributed by atoms with E-state index >= 15 is 0 Å². The molecule has 0 atom stereocenters. The van der Waals surface area contributed by atoms with Crippen molar-refractivity contribution in [3.05, 3.63) is 66.1 Å². The summed E-state index contributed by atoms with van der Waals surface area (Å²) in [5, 5.41) is 13.3. The lowest BCUT2D eigenvalue weighted by Crippen LogP contribution is -2.13. The Kier molecular flexibility index (Phi) is 6.27. The average molecular weight is 454 g/mol. The molecule has 0 fully saturated rings. The lowest BCUT2D eigenvalue weighted by Gasteiger charge is -2.11. The van der Waals surface area contributed by atoms with Crippen LogP contribution >= 0.6 is 11.8 Å². The van der Waals surface area contributed by atoms with Crippen molar-refractivity contribution < 1.29 is 13.7 Å². The fraction of sp³-hybridized carbons (Fsp3) is 0.304. The smallest absolute Gasteiger partial charge is 0.237 e. The van der Waals surface area contributed by atoms with Crippen LogP contribution in [0.5, 0.6) is 5.75 Å². The lowest BCUT2D eigenvalue weighted by molar-refractivity contribution is 0.340. The summed E-state index contributed by atoms with van der Waals surface area (Å²) in [7, 11) is 0. The van der Waals surface area contributed by atoms with Gasteiger partial charge in [0.15, 0.2) is 16.8 Å². The topological polar surface area (TPSA) is 78.9 Å². The summed E-state index contributed by atoms with van der Waals surface area (Å²) in [6.45, 7) is 8.57. The Morgan fingerprint density at radius 2 is 1.81 bits per heavy atom. The molecule has 9 heteroatoms. The van der Waals surface area contributed by atoms with E-state index in [-0.39, 0.29) is 11.2 Å². The highest BCUT2D eigenvalue weighted by molar-refractivity contribution is 7.98. The molecule has 0 N–H and O–H groups in total. The molecule has 4 rings (SSSR count). The molecule has 32 heavy (non-hydrogen) atoms. The normalized spacial score (nSPS) is 11.7. The first-order chi connectivity index (χ1) is 15.4. The molecule has 0 bridgehead atoms. The van der Waals surface area contributed by atoms with E-state index in [0.29, 0.717) is 40.7 Å². The minimum absolute atomic E-state index is 0.208. The minimum Gasteiger partial charge on any atom is -0.494 e. The van der Waals surface area contributed by atoms with Crippen LogP contribution in [0.1, 0.15) is 39.4 Å². The maximum absolute atomic E-state index is 14.7. The molecule has 0 radical (unpaired) electrons. The van der Waals surface area contributed by atoms with Crippen LogP contribution in [0.3, 0.4) is 0 Å². The van der Waals surface area contributed by atoms with Crippen LogP contribution in [-0.4, -0.2) is 31.5 Å². The molecule has 0 aliphatic rings. The number of aromatic nitrogens is 5. The molecule has 0 unspecified atom stereocenters. The molecule has 4 aromatic rings. The quantitative estimate of drug-likeness (QED) is 0.345. The first kappa shape index (κ1) is 22.0. The Labute approximate surface area is 190 Å². The summed E-state index contributed by atoms with van der Waals surface area (Å²) < 4.78 is 27.4. The summed E-state index contributed by atoms with van der Waals surface area (Å²) in [5.41, 5.74) is 0.953. The number of thioether (sulfide) groups is 1. The van der Waals surface area contributed by atoms with Crippen molar-refractivity contribution in [1.29, 1.82) is 0 Å². The number of nitrogens with zero attached hydrogens (tertiary/aromatic N) is 5. The summed E-state index contributed by atoms with van der Waals surface area (Å²) >= 11 is 1.36. The van der Waals surface area contributed by atoms with Crippen LogP contribution in [0.25, 0.3) is 17.1 Å². The molecule has 2 aromatic carbocycles. The average Bonchev–Trinajstić information content (AvgIpc) is 3.41. The van der Waals surface area contributed by atoms with E-state index in [1.54, 1.807) is 22.8 Å². The zero-order chi connectivity index (χ0) is 22.7. The van der Waals surface area contributed by atoms with E-state index in [2.05, 4.69) is 20.3 Å². The van der Waals surface area contributed by atoms with Crippen molar-refractivity contribution in [2.45, 2.75) is 44.0 Å². The molecule has 7 nitrogen and oxygen atoms in total. The molecule has 0 spiro atoms. The van der Waals surface area contributed by atoms with Crippen molar-refractivity contribution in [2.75, 3.05) is 6.61 Å². The highest BCUT2D eigenvalue weighted by atomic mass is 32.2. The Balaban J connectivity index is 1.68. The standard InChI is InChI=1S/C23H24FN5O2S/c1-5-30-16-12-10-15(11-13-16)20-26-27-22(29(20)18-9-7-6-8-17(18)24)32-14-19-25-21(28-31-19)23(2,3)4/h6-13H,5,14H2,1-4H3. The van der Waals surface area contributed by atoms with E-state index in [9.17, 15) is 4.39 Å². The van der Waals surface area contributed by atoms with Crippen molar-refractivity contribution in [1.82, 2.24) is 24.9 Å². The van der Waals surface area contributed by atoms with Gasteiger partial charge in [0.25, 0.3) is 0 Å². The van der Waals surface area contributed by atoms with Gasteiger partial charge in [-0.1, -0.05) is 49.8 Å². The molecule has 0 saturated carbocycles. The number of benzene rings is 2. The molecule has 2 heterocycles. The SMILES string of the molecule is CCOc1ccc(-c2nnc(SCc3nc(C(C)(C)C)no3)n2-c2ccccc2F)cc1. The lowest BCUT2D eigenvalue weighted by atomic mass is 9.96. The number of halogens is 1. The van der Waals surface area contributed by atoms with E-state index < -0.39 is 0 Å². The highest BCUT2D eigenvalue weighted by Crippen LogP contribution is 2.31. The molecular formula is C23H24FN5O2S. The van der Waals surface area contributed by atoms with Crippen LogP contribution in [0.15, 0.2) is 58.2 Å². The maximum Gasteiger partial charge on any atom is 0.237 e. The van der Waals surface area contributed by atoms with Crippen molar-refractivity contribution in [3.63, 3.8) is 0 Å². The number of rotatable bonds is 7. The number of hydrogen-bond acceptors (Lipinski definition) is 7. The monoisotopic (exact) mass is 453 g/mol. The number of hydrogen-bond donors (Lipinski definition) is 0. The van der Waals surface area contributed by atoms with Crippen LogP contribution < -0.4 is 4.74 Å². The summed E-state index contributed by atoms with van der Waals surface area (Å²) in [4.78, 5) is 4.46. The Morgan fingerprint density at radius 3 is 2.47 bits per heavy atom. The third kappa shape index (κ3) is 4.67. The fourth-order valence-electron chi connectivity index (χ4n) is 3.01. The molecule has 166 valence electrons. The highest BCUT2D eigenvalue weighted by Gasteiger charge is 2.23. The second-order valence-electron chi connectivity index (χ2n) is 8.10. The van der Waals surface area contributed by atoms with Crippen LogP contribution in [-0.2, 0) is 11.2 Å². The molecule has 0 aliphatic heterocycles. The van der Waals surface area contributed by atoms with Gasteiger partial charge >= 0.3 is 0 Å². The van der Waals surface area contributed by atoms with Gasteiger partial charge in [0.2, 0.25) is 5.89 Å². The second kappa shape index (κ2) is 9.12. The molecule has 0 aliphatic carbocycles. The van der Waals surface area contributed by atoms with E-state index in [1.165, 1.54) is 17.8 Å². The summed E-state index contributed by atoms with van der Waals surface area (Å²) in [6, 6.07) is 14.0. The second-order valence-corrected chi connectivity index (χ2v) is 9.04. The molecule has 0 saturated heterocycles. The molecule has 0 amide bonds. The van der Waals surface area contributed by atoms with Gasteiger partial charge in [0.1, 0.15) is 11.6 Å². The predicted octanol–water partition coefficient (Wildman–Crippen LogP) is 5.44. The first-order valence-corrected chi connectivity index (χ1v) is 11.2. The largest absolute Gasteiger partial charge is 0.494 e. The fourth-order valence-corrected chi connectivity index (χ4v) is 3.79. The van der Waals surface area contributed by atoms with Crippen LogP contribution in [0.2, 0.25) is 0 Å². The van der Waals surface area contributed by atoms with E-state index in [4.69, 9.17) is 9.26 Å². The zero-order valence-electron chi connectivity index (χ0n) is 18.4. The van der Waals surface area contributed by atoms with Crippen LogP contribution in [0, 0.1) is 5.82 Å². The first-order valence-electron chi connectivity index (χ1n) is 10.3. The van der Waals surface area contributed by atoms with Gasteiger partial charge in [-0.2, -0.15) is 4.98 Å².